The standard InChI is InChI=1S/C25H21F3N2O4S/c1-33-20-11-16(12-21(13-20)34-2)23(32)29-18-7-3-15(4-8-18)24-30(22(31)14-35-24)19-9-5-17(6-10-19)25(26,27)28/h3-13,24H,14H2,1-2H3,(H,29,32)/t24-/m0/s1. The van der Waals surface area contributed by atoms with E-state index in [2.05, 4.69) is 5.32 Å². The van der Waals surface area contributed by atoms with Crippen LogP contribution in [0.5, 0.6) is 11.5 Å². The Morgan fingerprint density at radius 2 is 1.57 bits per heavy atom. The van der Waals surface area contributed by atoms with E-state index in [1.54, 1.807) is 42.5 Å². The second kappa shape index (κ2) is 9.91. The molecule has 10 heteroatoms. The van der Waals surface area contributed by atoms with Crippen LogP contribution < -0.4 is 19.7 Å². The Morgan fingerprint density at radius 1 is 0.971 bits per heavy atom. The first-order valence-electron chi connectivity index (χ1n) is 10.4. The molecule has 35 heavy (non-hydrogen) atoms. The van der Waals surface area contributed by atoms with E-state index in [9.17, 15) is 22.8 Å². The fourth-order valence-corrected chi connectivity index (χ4v) is 4.81. The molecule has 1 aliphatic heterocycles. The quantitative estimate of drug-likeness (QED) is 0.465. The number of thioether (sulfide) groups is 1. The van der Waals surface area contributed by atoms with Gasteiger partial charge in [0.2, 0.25) is 5.91 Å². The Morgan fingerprint density at radius 3 is 2.11 bits per heavy atom. The second-order valence-corrected chi connectivity index (χ2v) is 8.72. The summed E-state index contributed by atoms with van der Waals surface area (Å²) in [5.41, 5.74) is 1.29. The zero-order chi connectivity index (χ0) is 25.2. The van der Waals surface area contributed by atoms with Crippen LogP contribution in [0.2, 0.25) is 0 Å². The third-order valence-corrected chi connectivity index (χ3v) is 6.62. The van der Waals surface area contributed by atoms with Crippen molar-refractivity contribution in [2.75, 3.05) is 30.2 Å². The second-order valence-electron chi connectivity index (χ2n) is 7.65. The number of nitrogens with one attached hydrogen (secondary N) is 1. The molecule has 1 saturated heterocycles. The maximum Gasteiger partial charge on any atom is 0.416 e. The molecule has 0 aromatic heterocycles. The third-order valence-electron chi connectivity index (χ3n) is 5.41. The number of benzene rings is 3. The molecule has 0 radical (unpaired) electrons. The first kappa shape index (κ1) is 24.5. The van der Waals surface area contributed by atoms with Gasteiger partial charge in [0, 0.05) is 23.0 Å². The molecule has 1 atom stereocenters. The van der Waals surface area contributed by atoms with E-state index in [4.69, 9.17) is 9.47 Å². The van der Waals surface area contributed by atoms with Gasteiger partial charge < -0.3 is 14.8 Å². The summed E-state index contributed by atoms with van der Waals surface area (Å²) in [5.74, 6) is 0.630. The molecule has 6 nitrogen and oxygen atoms in total. The largest absolute Gasteiger partial charge is 0.497 e. The molecule has 3 aromatic carbocycles. The summed E-state index contributed by atoms with van der Waals surface area (Å²) in [4.78, 5) is 26.7. The molecule has 182 valence electrons. The van der Waals surface area contributed by atoms with Gasteiger partial charge in [0.15, 0.2) is 0 Å². The molecule has 0 aliphatic carbocycles. The molecule has 1 aliphatic rings. The Bertz CT molecular complexity index is 1210. The summed E-state index contributed by atoms with van der Waals surface area (Å²) in [7, 11) is 2.99. The summed E-state index contributed by atoms with van der Waals surface area (Å²) < 4.78 is 49.1. The van der Waals surface area contributed by atoms with Crippen molar-refractivity contribution in [2.45, 2.75) is 11.6 Å². The van der Waals surface area contributed by atoms with E-state index in [0.717, 1.165) is 17.7 Å². The Kier molecular flexibility index (Phi) is 6.93. The molecular weight excluding hydrogens is 481 g/mol. The molecule has 1 N–H and O–H groups in total. The van der Waals surface area contributed by atoms with Gasteiger partial charge in [-0.15, -0.1) is 11.8 Å². The fraction of sp³-hybridized carbons (Fsp3) is 0.200. The van der Waals surface area contributed by atoms with Crippen LogP contribution in [0.4, 0.5) is 24.5 Å². The molecule has 3 aromatic rings. The normalized spacial score (nSPS) is 15.7. The van der Waals surface area contributed by atoms with Crippen molar-refractivity contribution in [3.63, 3.8) is 0 Å². The van der Waals surface area contributed by atoms with Crippen LogP contribution in [0.15, 0.2) is 66.7 Å². The SMILES string of the molecule is COc1cc(OC)cc(C(=O)Nc2ccc([C@@H]3SCC(=O)N3c3ccc(C(F)(F)F)cc3)cc2)c1. The highest BCUT2D eigenvalue weighted by molar-refractivity contribution is 8.00. The molecule has 0 spiro atoms. The van der Waals surface area contributed by atoms with Crippen molar-refractivity contribution in [1.82, 2.24) is 0 Å². The molecule has 0 unspecified atom stereocenters. The summed E-state index contributed by atoms with van der Waals surface area (Å²) in [6.45, 7) is 0. The number of alkyl halides is 3. The molecule has 2 amide bonds. The number of carbonyl (C=O) groups is 2. The summed E-state index contributed by atoms with van der Waals surface area (Å²) in [6, 6.07) is 16.3. The van der Waals surface area contributed by atoms with Gasteiger partial charge in [0.1, 0.15) is 16.9 Å². The van der Waals surface area contributed by atoms with Crippen LogP contribution in [0.3, 0.4) is 0 Å². The lowest BCUT2D eigenvalue weighted by molar-refractivity contribution is -0.137. The number of nitrogens with zero attached hydrogens (tertiary/aromatic N) is 1. The predicted octanol–water partition coefficient (Wildman–Crippen LogP) is 5.75. The van der Waals surface area contributed by atoms with Gasteiger partial charge in [-0.25, -0.2) is 0 Å². The topological polar surface area (TPSA) is 67.9 Å². The number of carbonyl (C=O) groups excluding carboxylic acids is 2. The maximum absolute atomic E-state index is 12.9. The van der Waals surface area contributed by atoms with Gasteiger partial charge in [0.25, 0.3) is 5.91 Å². The van der Waals surface area contributed by atoms with Gasteiger partial charge in [-0.05, 0) is 54.1 Å². The van der Waals surface area contributed by atoms with Gasteiger partial charge >= 0.3 is 6.18 Å². The number of methoxy groups -OCH3 is 2. The van der Waals surface area contributed by atoms with Gasteiger partial charge in [-0.1, -0.05) is 12.1 Å². The van der Waals surface area contributed by atoms with Crippen molar-refractivity contribution in [1.29, 1.82) is 0 Å². The van der Waals surface area contributed by atoms with E-state index in [-0.39, 0.29) is 17.6 Å². The Hall–Kier alpha value is -3.66. The molecule has 0 bridgehead atoms. The Labute approximate surface area is 204 Å². The summed E-state index contributed by atoms with van der Waals surface area (Å²) >= 11 is 1.38. The first-order chi connectivity index (χ1) is 16.7. The van der Waals surface area contributed by atoms with Crippen molar-refractivity contribution in [2.24, 2.45) is 0 Å². The summed E-state index contributed by atoms with van der Waals surface area (Å²) in [6.07, 6.45) is -4.45. The van der Waals surface area contributed by atoms with E-state index >= 15 is 0 Å². The van der Waals surface area contributed by atoms with Crippen LogP contribution >= 0.6 is 11.8 Å². The van der Waals surface area contributed by atoms with Crippen molar-refractivity contribution >= 4 is 35.0 Å². The van der Waals surface area contributed by atoms with Crippen LogP contribution in [-0.4, -0.2) is 31.8 Å². The zero-order valence-corrected chi connectivity index (χ0v) is 19.6. The molecule has 1 fully saturated rings. The lowest BCUT2D eigenvalue weighted by atomic mass is 10.1. The van der Waals surface area contributed by atoms with E-state index in [1.165, 1.54) is 43.0 Å². The van der Waals surface area contributed by atoms with Crippen molar-refractivity contribution in [3.8, 4) is 11.5 Å². The average Bonchev–Trinajstić information content (AvgIpc) is 3.24. The number of amides is 2. The maximum atomic E-state index is 12.9. The highest BCUT2D eigenvalue weighted by Gasteiger charge is 2.35. The van der Waals surface area contributed by atoms with E-state index in [0.29, 0.717) is 28.4 Å². The first-order valence-corrected chi connectivity index (χ1v) is 11.5. The van der Waals surface area contributed by atoms with Crippen LogP contribution in [0.1, 0.15) is 26.9 Å². The molecule has 0 saturated carbocycles. The highest BCUT2D eigenvalue weighted by Crippen LogP contribution is 2.42. The van der Waals surface area contributed by atoms with Crippen LogP contribution in [0.25, 0.3) is 0 Å². The lowest BCUT2D eigenvalue weighted by Gasteiger charge is -2.25. The smallest absolute Gasteiger partial charge is 0.416 e. The average molecular weight is 503 g/mol. The number of ether oxygens (including phenoxy) is 2. The fourth-order valence-electron chi connectivity index (χ4n) is 3.63. The van der Waals surface area contributed by atoms with Gasteiger partial charge in [-0.3, -0.25) is 14.5 Å². The molecule has 4 rings (SSSR count). The van der Waals surface area contributed by atoms with Crippen molar-refractivity contribution < 1.29 is 32.2 Å². The van der Waals surface area contributed by atoms with Gasteiger partial charge in [0.05, 0.1) is 25.5 Å². The van der Waals surface area contributed by atoms with Crippen LogP contribution in [-0.2, 0) is 11.0 Å². The number of hydrogen-bond acceptors (Lipinski definition) is 5. The third kappa shape index (κ3) is 5.37. The van der Waals surface area contributed by atoms with E-state index in [1.807, 2.05) is 0 Å². The monoisotopic (exact) mass is 502 g/mol. The zero-order valence-electron chi connectivity index (χ0n) is 18.8. The highest BCUT2D eigenvalue weighted by atomic mass is 32.2. The van der Waals surface area contributed by atoms with Crippen LogP contribution in [0, 0.1) is 0 Å². The minimum absolute atomic E-state index is 0.191. The number of anilines is 2. The summed E-state index contributed by atoms with van der Waals surface area (Å²) in [5, 5.41) is 2.41. The van der Waals surface area contributed by atoms with Gasteiger partial charge in [-0.2, -0.15) is 13.2 Å². The Balaban J connectivity index is 1.51. The van der Waals surface area contributed by atoms with E-state index < -0.39 is 17.1 Å². The number of halogens is 3. The predicted molar refractivity (Wildman–Crippen MR) is 128 cm³/mol. The minimum atomic E-state index is -4.45. The molecular formula is C25H21F3N2O4S. The lowest BCUT2D eigenvalue weighted by Crippen LogP contribution is -2.27. The minimum Gasteiger partial charge on any atom is -0.497 e. The molecule has 1 heterocycles. The van der Waals surface area contributed by atoms with Crippen molar-refractivity contribution in [3.05, 3.63) is 83.4 Å². The number of rotatable bonds is 6. The number of hydrogen-bond donors (Lipinski definition) is 1.